The molecule has 0 radical (unpaired) electrons. The summed E-state index contributed by atoms with van der Waals surface area (Å²) in [6, 6.07) is 5.78. The van der Waals surface area contributed by atoms with Crippen LogP contribution in [0.2, 0.25) is 0 Å². The van der Waals surface area contributed by atoms with Gasteiger partial charge in [-0.15, -0.1) is 0 Å². The number of carbonyl (C=O) groups is 2. The second kappa shape index (κ2) is 5.22. The summed E-state index contributed by atoms with van der Waals surface area (Å²) in [5.41, 5.74) is -0.958. The van der Waals surface area contributed by atoms with E-state index < -0.39 is 16.8 Å². The van der Waals surface area contributed by atoms with Crippen LogP contribution in [0.15, 0.2) is 41.0 Å². The number of hydrogen-bond donors (Lipinski definition) is 1. The summed E-state index contributed by atoms with van der Waals surface area (Å²) < 4.78 is 4.84. The molecule has 0 saturated carbocycles. The first-order valence-corrected chi connectivity index (χ1v) is 5.33. The van der Waals surface area contributed by atoms with Gasteiger partial charge in [-0.05, 0) is 18.2 Å². The third-order valence-electron chi connectivity index (χ3n) is 2.43. The van der Waals surface area contributed by atoms with Crippen LogP contribution < -0.4 is 10.4 Å². The Labute approximate surface area is 111 Å². The molecule has 0 aliphatic carbocycles. The van der Waals surface area contributed by atoms with Crippen LogP contribution >= 0.6 is 0 Å². The number of nitrogens with one attached hydrogen (secondary N) is 1. The van der Waals surface area contributed by atoms with Crippen LogP contribution in [-0.2, 0) is 0 Å². The van der Waals surface area contributed by atoms with Gasteiger partial charge in [0.15, 0.2) is 5.76 Å². The predicted octanol–water partition coefficient (Wildman–Crippen LogP) is 0.804. The molecule has 1 amide bonds. The number of carbonyl (C=O) groups excluding carboxylic acids is 2. The lowest BCUT2D eigenvalue weighted by Crippen LogP contribution is -2.24. The van der Waals surface area contributed by atoms with Gasteiger partial charge < -0.3 is 19.6 Å². The topological polar surface area (TPSA) is 126 Å². The third-order valence-corrected chi connectivity index (χ3v) is 2.43. The molecule has 0 unspecified atom stereocenters. The highest BCUT2D eigenvalue weighted by atomic mass is 16.6. The molecule has 0 bridgehead atoms. The van der Waals surface area contributed by atoms with Crippen molar-refractivity contribution >= 4 is 23.3 Å². The van der Waals surface area contributed by atoms with Crippen molar-refractivity contribution in [1.82, 2.24) is 0 Å². The number of rotatable bonds is 4. The zero-order chi connectivity index (χ0) is 14.7. The van der Waals surface area contributed by atoms with Crippen molar-refractivity contribution in [1.29, 1.82) is 0 Å². The highest BCUT2D eigenvalue weighted by Crippen LogP contribution is 2.23. The highest BCUT2D eigenvalue weighted by Gasteiger charge is 2.15. The number of amides is 1. The summed E-state index contributed by atoms with van der Waals surface area (Å²) in [6.45, 7) is 0. The fourth-order valence-corrected chi connectivity index (χ4v) is 1.52. The van der Waals surface area contributed by atoms with Gasteiger partial charge >= 0.3 is 0 Å². The maximum atomic E-state index is 11.7. The van der Waals surface area contributed by atoms with Gasteiger partial charge in [0.05, 0.1) is 22.8 Å². The minimum Gasteiger partial charge on any atom is -0.545 e. The Kier molecular flexibility index (Phi) is 3.47. The van der Waals surface area contributed by atoms with E-state index in [0.717, 1.165) is 18.2 Å². The minimum atomic E-state index is -1.56. The molecule has 0 aliphatic rings. The number of benzene rings is 1. The summed E-state index contributed by atoms with van der Waals surface area (Å²) in [7, 11) is 0. The highest BCUT2D eigenvalue weighted by molar-refractivity contribution is 6.06. The lowest BCUT2D eigenvalue weighted by molar-refractivity contribution is -0.384. The Bertz CT molecular complexity index is 677. The number of carboxylic acids is 1. The molecule has 1 aromatic carbocycles. The molecule has 102 valence electrons. The largest absolute Gasteiger partial charge is 0.545 e. The van der Waals surface area contributed by atoms with Gasteiger partial charge in [-0.2, -0.15) is 0 Å². The van der Waals surface area contributed by atoms with Crippen LogP contribution in [0.5, 0.6) is 0 Å². The van der Waals surface area contributed by atoms with E-state index in [1.807, 2.05) is 0 Å². The van der Waals surface area contributed by atoms with Crippen LogP contribution in [0.25, 0.3) is 0 Å². The summed E-state index contributed by atoms with van der Waals surface area (Å²) >= 11 is 0. The number of aromatic carboxylic acids is 1. The van der Waals surface area contributed by atoms with E-state index in [1.165, 1.54) is 18.4 Å². The Balaban J connectivity index is 2.37. The van der Waals surface area contributed by atoms with E-state index in [9.17, 15) is 24.8 Å². The third kappa shape index (κ3) is 2.64. The van der Waals surface area contributed by atoms with Crippen molar-refractivity contribution < 1.29 is 24.0 Å². The summed E-state index contributed by atoms with van der Waals surface area (Å²) in [6.07, 6.45) is 1.27. The fourth-order valence-electron chi connectivity index (χ4n) is 1.52. The number of nitro benzene ring substituents is 1. The Hall–Kier alpha value is -3.16. The first-order chi connectivity index (χ1) is 9.49. The van der Waals surface area contributed by atoms with Crippen LogP contribution in [-0.4, -0.2) is 16.8 Å². The van der Waals surface area contributed by atoms with Crippen LogP contribution in [0, 0.1) is 10.1 Å². The van der Waals surface area contributed by atoms with Gasteiger partial charge in [0, 0.05) is 17.7 Å². The van der Waals surface area contributed by atoms with E-state index in [1.54, 1.807) is 0 Å². The van der Waals surface area contributed by atoms with Crippen molar-refractivity contribution in [2.24, 2.45) is 0 Å². The molecule has 2 aromatic rings. The van der Waals surface area contributed by atoms with E-state index in [0.29, 0.717) is 0 Å². The normalized spacial score (nSPS) is 10.0. The average Bonchev–Trinajstić information content (AvgIpc) is 2.92. The van der Waals surface area contributed by atoms with E-state index in [4.69, 9.17) is 4.42 Å². The maximum absolute atomic E-state index is 11.7. The molecule has 1 heterocycles. The smallest absolute Gasteiger partial charge is 0.291 e. The Morgan fingerprint density at radius 1 is 1.25 bits per heavy atom. The number of furan rings is 1. The first-order valence-electron chi connectivity index (χ1n) is 5.33. The summed E-state index contributed by atoms with van der Waals surface area (Å²) in [5, 5.41) is 23.8. The molecule has 8 heteroatoms. The quantitative estimate of drug-likeness (QED) is 0.649. The summed E-state index contributed by atoms with van der Waals surface area (Å²) in [4.78, 5) is 32.6. The van der Waals surface area contributed by atoms with E-state index in [2.05, 4.69) is 5.32 Å². The van der Waals surface area contributed by atoms with Crippen molar-refractivity contribution in [3.8, 4) is 0 Å². The number of nitrogens with zero attached hydrogens (tertiary/aromatic N) is 1. The molecule has 8 nitrogen and oxygen atoms in total. The lowest BCUT2D eigenvalue weighted by atomic mass is 10.1. The standard InChI is InChI=1S/C12H8N2O6/c15-11(10-2-1-5-20-10)13-9-6-7(14(18)19)3-4-8(9)12(16)17/h1-6H,(H,13,15)(H,16,17)/p-1. The molecule has 1 aromatic heterocycles. The minimum absolute atomic E-state index is 0.0548. The molecule has 0 spiro atoms. The zero-order valence-electron chi connectivity index (χ0n) is 9.86. The van der Waals surface area contributed by atoms with E-state index in [-0.39, 0.29) is 22.7 Å². The van der Waals surface area contributed by atoms with Gasteiger partial charge in [-0.25, -0.2) is 0 Å². The molecule has 0 saturated heterocycles. The number of carboxylic acid groups (broad SMARTS) is 1. The van der Waals surface area contributed by atoms with Crippen LogP contribution in [0.3, 0.4) is 0 Å². The van der Waals surface area contributed by atoms with Crippen molar-refractivity contribution in [3.63, 3.8) is 0 Å². The average molecular weight is 275 g/mol. The molecule has 0 fully saturated rings. The number of nitro groups is 1. The maximum Gasteiger partial charge on any atom is 0.291 e. The van der Waals surface area contributed by atoms with Gasteiger partial charge in [0.25, 0.3) is 11.6 Å². The Morgan fingerprint density at radius 3 is 2.55 bits per heavy atom. The molecule has 1 N–H and O–H groups in total. The van der Waals surface area contributed by atoms with Crippen molar-refractivity contribution in [2.45, 2.75) is 0 Å². The lowest BCUT2D eigenvalue weighted by Gasteiger charge is -2.10. The SMILES string of the molecule is O=C(Nc1cc([N+](=O)[O-])ccc1C(=O)[O-])c1ccco1. The first kappa shape index (κ1) is 13.3. The molecule has 0 aliphatic heterocycles. The van der Waals surface area contributed by atoms with Crippen molar-refractivity contribution in [2.75, 3.05) is 5.32 Å². The number of anilines is 1. The second-order valence-corrected chi connectivity index (χ2v) is 3.71. The second-order valence-electron chi connectivity index (χ2n) is 3.71. The van der Waals surface area contributed by atoms with Crippen LogP contribution in [0.1, 0.15) is 20.9 Å². The summed E-state index contributed by atoms with van der Waals surface area (Å²) in [5.74, 6) is -2.34. The van der Waals surface area contributed by atoms with Crippen molar-refractivity contribution in [3.05, 3.63) is 58.0 Å². The van der Waals surface area contributed by atoms with Gasteiger partial charge in [-0.3, -0.25) is 14.9 Å². The molecular formula is C12H7N2O6-. The monoisotopic (exact) mass is 275 g/mol. The molecule has 20 heavy (non-hydrogen) atoms. The van der Waals surface area contributed by atoms with Crippen LogP contribution in [0.4, 0.5) is 11.4 Å². The van der Waals surface area contributed by atoms with E-state index >= 15 is 0 Å². The van der Waals surface area contributed by atoms with Gasteiger partial charge in [0.1, 0.15) is 0 Å². The zero-order valence-corrected chi connectivity index (χ0v) is 9.86. The van der Waals surface area contributed by atoms with Gasteiger partial charge in [-0.1, -0.05) is 0 Å². The number of non-ortho nitro benzene ring substituents is 1. The molecule has 2 rings (SSSR count). The molecular weight excluding hydrogens is 268 g/mol. The Morgan fingerprint density at radius 2 is 2.00 bits per heavy atom. The van der Waals surface area contributed by atoms with Gasteiger partial charge in [0.2, 0.25) is 0 Å². The number of hydrogen-bond acceptors (Lipinski definition) is 6. The molecule has 0 atom stereocenters. The predicted molar refractivity (Wildman–Crippen MR) is 64.1 cm³/mol. The fraction of sp³-hybridized carbons (Fsp3) is 0.